The highest BCUT2D eigenvalue weighted by Crippen LogP contribution is 2.41. The summed E-state index contributed by atoms with van der Waals surface area (Å²) in [5.74, 6) is 5.49. The predicted molar refractivity (Wildman–Crippen MR) is 525 cm³/mol. The Labute approximate surface area is 773 Å². The minimum Gasteiger partial charge on any atom is -0.497 e. The minimum atomic E-state index is -0.370. The molecule has 0 unspecified atom stereocenters. The van der Waals surface area contributed by atoms with Crippen LogP contribution in [0.15, 0.2) is 219 Å². The lowest BCUT2D eigenvalue weighted by molar-refractivity contribution is -0.117. The second-order valence-electron chi connectivity index (χ2n) is 31.8. The second-order valence-corrected chi connectivity index (χ2v) is 32.6. The highest BCUT2D eigenvalue weighted by molar-refractivity contribution is 6.36. The van der Waals surface area contributed by atoms with Gasteiger partial charge < -0.3 is 74.4 Å². The lowest BCUT2D eigenvalue weighted by Gasteiger charge is -2.34. The van der Waals surface area contributed by atoms with Crippen LogP contribution >= 0.6 is 23.2 Å². The Morgan fingerprint density at radius 3 is 1.25 bits per heavy atom. The zero-order chi connectivity index (χ0) is 91.7. The fourth-order valence-corrected chi connectivity index (χ4v) is 16.5. The van der Waals surface area contributed by atoms with Crippen LogP contribution in [0.1, 0.15) is 79.3 Å². The van der Waals surface area contributed by atoms with E-state index in [1.54, 1.807) is 87.8 Å². The van der Waals surface area contributed by atoms with Crippen molar-refractivity contribution in [3.63, 3.8) is 0 Å². The minimum absolute atomic E-state index is 0.00432. The van der Waals surface area contributed by atoms with Crippen LogP contribution in [0.25, 0.3) is 0 Å². The molecule has 4 N–H and O–H groups in total. The third-order valence-corrected chi connectivity index (χ3v) is 24.3. The quantitative estimate of drug-likeness (QED) is 0.0340. The molecular formula is C101H117Cl2N19O8. The van der Waals surface area contributed by atoms with E-state index in [9.17, 15) is 14.4 Å². The smallest absolute Gasteiger partial charge is 0.332 e. The number of hydrogen-bond donors (Lipinski definition) is 4. The molecule has 0 radical (unpaired) electrons. The highest BCUT2D eigenvalue weighted by Gasteiger charge is 2.30. The van der Waals surface area contributed by atoms with E-state index >= 15 is 0 Å². The number of carbonyl (C=O) groups is 3. The number of aryl methyl sites for hydroxylation is 5. The topological polar surface area (TPSA) is 252 Å². The number of likely N-dealkylation sites (N-methyl/N-ethyl adjacent to an activating group) is 3. The molecular weight excluding hydrogens is 1680 g/mol. The molecule has 29 heteroatoms. The van der Waals surface area contributed by atoms with Crippen LogP contribution in [-0.4, -0.2) is 198 Å². The van der Waals surface area contributed by atoms with Gasteiger partial charge >= 0.3 is 12.1 Å². The van der Waals surface area contributed by atoms with Gasteiger partial charge in [-0.15, -0.1) is 0 Å². The Morgan fingerprint density at radius 1 is 0.377 bits per heavy atom. The Kier molecular flexibility index (Phi) is 33.1. The molecule has 15 rings (SSSR count). The summed E-state index contributed by atoms with van der Waals surface area (Å²) < 4.78 is 27.4. The number of hydrogen-bond acceptors (Lipinski definition) is 22. The van der Waals surface area contributed by atoms with Crippen molar-refractivity contribution >= 4 is 127 Å². The van der Waals surface area contributed by atoms with Gasteiger partial charge in [-0.1, -0.05) is 106 Å². The van der Waals surface area contributed by atoms with E-state index in [0.717, 1.165) is 195 Å². The van der Waals surface area contributed by atoms with E-state index in [-0.39, 0.29) is 24.4 Å². The van der Waals surface area contributed by atoms with Gasteiger partial charge in [-0.3, -0.25) is 9.69 Å². The number of piperazine rings is 3. The number of urea groups is 2. The molecule has 0 saturated carbocycles. The number of halogens is 2. The molecule has 27 nitrogen and oxygen atoms in total. The van der Waals surface area contributed by atoms with Crippen molar-refractivity contribution in [3.8, 4) is 28.7 Å². The normalized spacial score (nSPS) is 13.5. The maximum absolute atomic E-state index is 14.2. The average molecular weight is 1800 g/mol. The first kappa shape index (κ1) is 94.3. The predicted octanol–water partition coefficient (Wildman–Crippen LogP) is 19.6. The Balaban J connectivity index is 0.000000166. The largest absolute Gasteiger partial charge is 0.497 e. The number of amides is 5. The van der Waals surface area contributed by atoms with Crippen LogP contribution in [0.4, 0.5) is 95.6 Å². The van der Waals surface area contributed by atoms with E-state index in [0.29, 0.717) is 85.5 Å². The van der Waals surface area contributed by atoms with Crippen LogP contribution in [0, 0.1) is 0 Å². The zero-order valence-electron chi connectivity index (χ0n) is 76.4. The van der Waals surface area contributed by atoms with Crippen molar-refractivity contribution in [2.45, 2.75) is 79.6 Å². The van der Waals surface area contributed by atoms with E-state index in [4.69, 9.17) is 46.9 Å². The molecule has 9 aromatic carbocycles. The molecule has 5 amide bonds. The molecule has 678 valence electrons. The molecule has 3 aliphatic heterocycles. The summed E-state index contributed by atoms with van der Waals surface area (Å²) in [5, 5.41) is 14.1. The van der Waals surface area contributed by atoms with Crippen molar-refractivity contribution in [2.75, 3.05) is 186 Å². The fourth-order valence-electron chi connectivity index (χ4n) is 16.0. The van der Waals surface area contributed by atoms with Gasteiger partial charge in [-0.25, -0.2) is 49.3 Å². The Hall–Kier alpha value is -13.3. The van der Waals surface area contributed by atoms with Crippen LogP contribution in [-0.2, 0) is 49.7 Å². The average Bonchev–Trinajstić information content (AvgIpc) is 0.808. The number of nitrogens with zero attached hydrogens (tertiary/aromatic N) is 15. The SMILES string of the molecule is CCc1cc(OC)ccc1Nc1cc(N(C(=O)Nc2c(CC)cccc2CC)c2ccc(N3CCN(C)CC3)cc2)ncn1.CCc1cccc(CC)c1NC(=O)N(c1cc(Nc2ccc(N3CCN(C)CC3)cc2)ncn1)c1ccc(OC)cc1OC.COc1ccc(Cc2cc(N(C(=O)Cc3c(Cl)cccc3Cl)c3ccc(N4CCN(C)CC4)cc3)ncn2)c(OC)c1. The summed E-state index contributed by atoms with van der Waals surface area (Å²) in [6, 6.07) is 63.6. The second kappa shape index (κ2) is 45.6. The summed E-state index contributed by atoms with van der Waals surface area (Å²) in [5.41, 5.74) is 16.5. The van der Waals surface area contributed by atoms with Crippen molar-refractivity contribution in [1.82, 2.24) is 44.6 Å². The zero-order valence-corrected chi connectivity index (χ0v) is 78.0. The van der Waals surface area contributed by atoms with Crippen molar-refractivity contribution in [2.24, 2.45) is 0 Å². The molecule has 12 aromatic rings. The maximum Gasteiger partial charge on any atom is 0.332 e. The Bertz CT molecular complexity index is 5730. The summed E-state index contributed by atoms with van der Waals surface area (Å²) in [7, 11) is 14.5. The molecule has 3 aliphatic rings. The first-order valence-corrected chi connectivity index (χ1v) is 44.9. The number of anilines is 15. The third kappa shape index (κ3) is 23.8. The van der Waals surface area contributed by atoms with Crippen LogP contribution in [0.5, 0.6) is 28.7 Å². The van der Waals surface area contributed by atoms with Gasteiger partial charge in [0, 0.05) is 171 Å². The van der Waals surface area contributed by atoms with E-state index in [1.165, 1.54) is 29.6 Å². The Morgan fingerprint density at radius 2 is 0.777 bits per heavy atom. The van der Waals surface area contributed by atoms with E-state index in [2.05, 4.69) is 173 Å². The molecule has 0 bridgehead atoms. The number of para-hydroxylation sites is 2. The standard InChI is InChI=1S/C35H43N7O2.C34H41N7O3.C32H33Cl2N5O3/c1-6-25-10-9-11-26(7-2)34(25)39-35(43)42(29-14-12-28(13-15-29)41-20-18-40(4)19-21-41)33-23-32(36-24-37-33)38-31-17-16-30(44-5)22-27(31)8-3;1-6-24-9-8-10-25(7-2)33(24)38-34(42)41(29-16-15-28(43-4)21-30(29)44-5)32-22-31(35-23-36-32)37-26-11-13-27(14-12-26)40-19-17-39(3)18-20-40;1-37-13-15-38(16-14-37)24-8-10-25(11-9-24)39(32(40)20-27-28(33)5-4-6-29(27)34)31-18-23(35-21-36-31)17-22-7-12-26(41-2)19-30(22)42-3/h9-17,22-24H,6-8,18-21H2,1-5H3,(H,39,43)(H,36,37,38);8-16,21-23H,6-7,17-20H2,1-5H3,(H,38,42)(H,35,36,37);4-12,18-19,21H,13-17,20H2,1-3H3. The molecule has 6 heterocycles. The number of methoxy groups -OCH3 is 5. The fraction of sp³-hybridized carbons (Fsp3) is 0.317. The van der Waals surface area contributed by atoms with Crippen molar-refractivity contribution in [1.29, 1.82) is 0 Å². The number of aromatic nitrogens is 6. The molecule has 0 spiro atoms. The number of benzene rings is 9. The first-order valence-electron chi connectivity index (χ1n) is 44.1. The van der Waals surface area contributed by atoms with Gasteiger partial charge in [0.05, 0.1) is 64.7 Å². The van der Waals surface area contributed by atoms with Crippen LogP contribution in [0.3, 0.4) is 0 Å². The number of ether oxygens (including phenoxy) is 5. The summed E-state index contributed by atoms with van der Waals surface area (Å²) in [4.78, 5) is 88.3. The van der Waals surface area contributed by atoms with Gasteiger partial charge in [-0.05, 0) is 208 Å². The van der Waals surface area contributed by atoms with Gasteiger partial charge in [0.1, 0.15) is 76.8 Å². The summed E-state index contributed by atoms with van der Waals surface area (Å²) in [6.07, 6.45) is 8.90. The van der Waals surface area contributed by atoms with Gasteiger partial charge in [0.15, 0.2) is 0 Å². The number of rotatable bonds is 29. The third-order valence-electron chi connectivity index (χ3n) is 23.6. The molecule has 130 heavy (non-hydrogen) atoms. The summed E-state index contributed by atoms with van der Waals surface area (Å²) in [6.45, 7) is 22.5. The summed E-state index contributed by atoms with van der Waals surface area (Å²) >= 11 is 12.9. The van der Waals surface area contributed by atoms with Crippen LogP contribution < -0.4 is 74.4 Å². The van der Waals surface area contributed by atoms with Gasteiger partial charge in [-0.2, -0.15) is 0 Å². The molecule has 3 fully saturated rings. The number of carbonyl (C=O) groups excluding carboxylic acids is 3. The van der Waals surface area contributed by atoms with Gasteiger partial charge in [0.25, 0.3) is 0 Å². The van der Waals surface area contributed by atoms with E-state index in [1.807, 2.05) is 121 Å². The number of nitrogens with one attached hydrogen (secondary N) is 4. The van der Waals surface area contributed by atoms with Crippen LogP contribution in [0.2, 0.25) is 10.0 Å². The highest BCUT2D eigenvalue weighted by atomic mass is 35.5. The molecule has 0 aliphatic carbocycles. The maximum atomic E-state index is 14.2. The lowest BCUT2D eigenvalue weighted by atomic mass is 10.0. The molecule has 3 saturated heterocycles. The lowest BCUT2D eigenvalue weighted by Crippen LogP contribution is -2.44. The van der Waals surface area contributed by atoms with Crippen molar-refractivity contribution < 1.29 is 38.1 Å². The first-order chi connectivity index (χ1) is 63.2. The van der Waals surface area contributed by atoms with Crippen molar-refractivity contribution in [3.05, 3.63) is 274 Å². The van der Waals surface area contributed by atoms with Gasteiger partial charge in [0.2, 0.25) is 5.91 Å². The van der Waals surface area contributed by atoms with E-state index < -0.39 is 0 Å². The molecule has 0 atom stereocenters. The molecule has 3 aromatic heterocycles. The monoisotopic (exact) mass is 1790 g/mol.